The fourth-order valence-electron chi connectivity index (χ4n) is 1.49. The molecule has 1 heterocycles. The van der Waals surface area contributed by atoms with Crippen LogP contribution in [0.3, 0.4) is 0 Å². The van der Waals surface area contributed by atoms with Crippen molar-refractivity contribution in [1.82, 2.24) is 15.6 Å². The van der Waals surface area contributed by atoms with Crippen molar-refractivity contribution in [2.45, 2.75) is 25.3 Å². The zero-order valence-corrected chi connectivity index (χ0v) is 12.3. The standard InChI is InChI=1S/C12H17N3O5S/c1-20-10(16)3-2-8(11(17)18)15-12(19)14-5-4-9-13-6-7-21-9/h6-8H,2-5H2,1H3,(H,17,18)(H2,14,15,19)/t8-/m0/s1. The largest absolute Gasteiger partial charge is 0.480 e. The first-order valence-corrected chi connectivity index (χ1v) is 7.13. The van der Waals surface area contributed by atoms with Crippen molar-refractivity contribution >= 4 is 29.3 Å². The van der Waals surface area contributed by atoms with Gasteiger partial charge in [-0.05, 0) is 6.42 Å². The monoisotopic (exact) mass is 315 g/mol. The first-order valence-electron chi connectivity index (χ1n) is 6.25. The number of aromatic nitrogens is 1. The van der Waals surface area contributed by atoms with Crippen LogP contribution in [0.5, 0.6) is 0 Å². The molecule has 0 bridgehead atoms. The van der Waals surface area contributed by atoms with Gasteiger partial charge in [0.25, 0.3) is 0 Å². The smallest absolute Gasteiger partial charge is 0.326 e. The maximum absolute atomic E-state index is 11.6. The van der Waals surface area contributed by atoms with E-state index >= 15 is 0 Å². The number of esters is 1. The van der Waals surface area contributed by atoms with E-state index in [-0.39, 0.29) is 12.8 Å². The molecule has 0 aliphatic rings. The van der Waals surface area contributed by atoms with Gasteiger partial charge in [0.05, 0.1) is 12.1 Å². The summed E-state index contributed by atoms with van der Waals surface area (Å²) in [5.41, 5.74) is 0. The number of carbonyl (C=O) groups is 3. The van der Waals surface area contributed by atoms with Crippen LogP contribution in [-0.4, -0.2) is 47.8 Å². The molecule has 9 heteroatoms. The summed E-state index contributed by atoms with van der Waals surface area (Å²) >= 11 is 1.48. The minimum absolute atomic E-state index is 0.0259. The third-order valence-electron chi connectivity index (χ3n) is 2.58. The van der Waals surface area contributed by atoms with E-state index in [9.17, 15) is 14.4 Å². The van der Waals surface area contributed by atoms with Crippen LogP contribution >= 0.6 is 11.3 Å². The first kappa shape index (κ1) is 16.9. The second-order valence-electron chi connectivity index (χ2n) is 4.08. The van der Waals surface area contributed by atoms with Crippen LogP contribution in [0, 0.1) is 0 Å². The van der Waals surface area contributed by atoms with Gasteiger partial charge in [-0.1, -0.05) is 0 Å². The van der Waals surface area contributed by atoms with Gasteiger partial charge in [-0.3, -0.25) is 4.79 Å². The highest BCUT2D eigenvalue weighted by atomic mass is 32.1. The number of rotatable bonds is 8. The Balaban J connectivity index is 2.31. The number of carbonyl (C=O) groups excluding carboxylic acids is 2. The average molecular weight is 315 g/mol. The molecule has 2 amide bonds. The summed E-state index contributed by atoms with van der Waals surface area (Å²) in [5.74, 6) is -1.72. The first-order chi connectivity index (χ1) is 10.0. The maximum Gasteiger partial charge on any atom is 0.326 e. The minimum Gasteiger partial charge on any atom is -0.480 e. The van der Waals surface area contributed by atoms with Gasteiger partial charge in [0.1, 0.15) is 6.04 Å². The number of nitrogens with zero attached hydrogens (tertiary/aromatic N) is 1. The van der Waals surface area contributed by atoms with Crippen molar-refractivity contribution < 1.29 is 24.2 Å². The Morgan fingerprint density at radius 3 is 2.81 bits per heavy atom. The number of ether oxygens (including phenoxy) is 1. The van der Waals surface area contributed by atoms with Crippen LogP contribution in [0.4, 0.5) is 4.79 Å². The van der Waals surface area contributed by atoms with Gasteiger partial charge in [-0.25, -0.2) is 14.6 Å². The van der Waals surface area contributed by atoms with Crippen LogP contribution < -0.4 is 10.6 Å². The number of hydrogen-bond donors (Lipinski definition) is 3. The van der Waals surface area contributed by atoms with E-state index in [2.05, 4.69) is 20.4 Å². The Morgan fingerprint density at radius 2 is 2.24 bits per heavy atom. The molecular formula is C12H17N3O5S. The summed E-state index contributed by atoms with van der Waals surface area (Å²) < 4.78 is 4.43. The molecular weight excluding hydrogens is 298 g/mol. The fraction of sp³-hybridized carbons (Fsp3) is 0.500. The highest BCUT2D eigenvalue weighted by Gasteiger charge is 2.21. The van der Waals surface area contributed by atoms with Crippen molar-refractivity contribution in [3.8, 4) is 0 Å². The zero-order chi connectivity index (χ0) is 15.7. The zero-order valence-electron chi connectivity index (χ0n) is 11.5. The number of carboxylic acids is 1. The van der Waals surface area contributed by atoms with Crippen molar-refractivity contribution in [3.05, 3.63) is 16.6 Å². The van der Waals surface area contributed by atoms with E-state index in [1.54, 1.807) is 6.20 Å². The number of thiazole rings is 1. The van der Waals surface area contributed by atoms with Crippen molar-refractivity contribution in [1.29, 1.82) is 0 Å². The second-order valence-corrected chi connectivity index (χ2v) is 5.06. The Bertz CT molecular complexity index is 477. The summed E-state index contributed by atoms with van der Waals surface area (Å²) in [6.07, 6.45) is 2.15. The van der Waals surface area contributed by atoms with E-state index in [0.717, 1.165) is 5.01 Å². The minimum atomic E-state index is -1.20. The molecule has 1 rings (SSSR count). The molecule has 0 spiro atoms. The quantitative estimate of drug-likeness (QED) is 0.597. The van der Waals surface area contributed by atoms with Crippen molar-refractivity contribution in [2.24, 2.45) is 0 Å². The lowest BCUT2D eigenvalue weighted by Crippen LogP contribution is -2.46. The van der Waals surface area contributed by atoms with Crippen molar-refractivity contribution in [2.75, 3.05) is 13.7 Å². The number of amides is 2. The molecule has 0 unspecified atom stereocenters. The van der Waals surface area contributed by atoms with Gasteiger partial charge in [0.2, 0.25) is 0 Å². The number of urea groups is 1. The van der Waals surface area contributed by atoms with Crippen LogP contribution in [0.2, 0.25) is 0 Å². The molecule has 116 valence electrons. The third kappa shape index (κ3) is 6.70. The molecule has 1 atom stereocenters. The van der Waals surface area contributed by atoms with E-state index in [0.29, 0.717) is 13.0 Å². The SMILES string of the molecule is COC(=O)CC[C@H](NC(=O)NCCc1nccs1)C(=O)O. The molecule has 8 nitrogen and oxygen atoms in total. The summed E-state index contributed by atoms with van der Waals surface area (Å²) in [5, 5.41) is 16.5. The predicted octanol–water partition coefficient (Wildman–Crippen LogP) is 0.391. The summed E-state index contributed by atoms with van der Waals surface area (Å²) in [7, 11) is 1.22. The number of hydrogen-bond acceptors (Lipinski definition) is 6. The van der Waals surface area contributed by atoms with E-state index < -0.39 is 24.0 Å². The highest BCUT2D eigenvalue weighted by molar-refractivity contribution is 7.09. The van der Waals surface area contributed by atoms with Gasteiger partial charge < -0.3 is 20.5 Å². The third-order valence-corrected chi connectivity index (χ3v) is 3.42. The van der Waals surface area contributed by atoms with E-state index in [1.165, 1.54) is 18.4 Å². The van der Waals surface area contributed by atoms with Gasteiger partial charge in [-0.2, -0.15) is 0 Å². The molecule has 1 aromatic heterocycles. The number of carboxylic acid groups (broad SMARTS) is 1. The Hall–Kier alpha value is -2.16. The molecule has 0 radical (unpaired) electrons. The molecule has 0 saturated heterocycles. The van der Waals surface area contributed by atoms with Gasteiger partial charge in [-0.15, -0.1) is 11.3 Å². The van der Waals surface area contributed by atoms with Crippen LogP contribution in [0.25, 0.3) is 0 Å². The predicted molar refractivity (Wildman–Crippen MR) is 75.0 cm³/mol. The topological polar surface area (TPSA) is 118 Å². The summed E-state index contributed by atoms with van der Waals surface area (Å²) in [4.78, 5) is 37.6. The molecule has 0 saturated carbocycles. The molecule has 0 aliphatic heterocycles. The van der Waals surface area contributed by atoms with Gasteiger partial charge in [0.15, 0.2) is 0 Å². The number of methoxy groups -OCH3 is 1. The Kier molecular flexibility index (Phi) is 7.16. The van der Waals surface area contributed by atoms with Crippen LogP contribution in [-0.2, 0) is 20.7 Å². The molecule has 0 fully saturated rings. The highest BCUT2D eigenvalue weighted by Crippen LogP contribution is 2.03. The van der Waals surface area contributed by atoms with E-state index in [4.69, 9.17) is 5.11 Å². The van der Waals surface area contributed by atoms with Crippen molar-refractivity contribution in [3.63, 3.8) is 0 Å². The lowest BCUT2D eigenvalue weighted by molar-refractivity contribution is -0.142. The Morgan fingerprint density at radius 1 is 1.48 bits per heavy atom. The lowest BCUT2D eigenvalue weighted by Gasteiger charge is -2.14. The molecule has 0 aliphatic carbocycles. The Labute approximate surface area is 125 Å². The van der Waals surface area contributed by atoms with E-state index in [1.807, 2.05) is 5.38 Å². The van der Waals surface area contributed by atoms with Gasteiger partial charge >= 0.3 is 18.0 Å². The van der Waals surface area contributed by atoms with Crippen LogP contribution in [0.1, 0.15) is 17.8 Å². The molecule has 3 N–H and O–H groups in total. The number of nitrogens with one attached hydrogen (secondary N) is 2. The number of aliphatic carboxylic acids is 1. The molecule has 21 heavy (non-hydrogen) atoms. The fourth-order valence-corrected chi connectivity index (χ4v) is 2.11. The maximum atomic E-state index is 11.6. The van der Waals surface area contributed by atoms with Gasteiger partial charge in [0, 0.05) is 31.0 Å². The second kappa shape index (κ2) is 8.90. The molecule has 1 aromatic rings. The van der Waals surface area contributed by atoms with Crippen LogP contribution in [0.15, 0.2) is 11.6 Å². The summed E-state index contributed by atoms with van der Waals surface area (Å²) in [6, 6.07) is -1.73. The summed E-state index contributed by atoms with van der Waals surface area (Å²) in [6.45, 7) is 0.350. The normalized spacial score (nSPS) is 11.5. The lowest BCUT2D eigenvalue weighted by atomic mass is 10.1. The average Bonchev–Trinajstić information content (AvgIpc) is 2.95. The molecule has 0 aromatic carbocycles.